The molecule has 2 aromatic rings. The van der Waals surface area contributed by atoms with E-state index >= 15 is 0 Å². The molecule has 172 valence electrons. The molecule has 0 aliphatic heterocycles. The molecule has 0 saturated heterocycles. The Hall–Kier alpha value is -2.46. The van der Waals surface area contributed by atoms with Crippen molar-refractivity contribution in [2.75, 3.05) is 28.1 Å². The highest BCUT2D eigenvalue weighted by Crippen LogP contribution is 2.32. The number of methoxy groups -OCH3 is 1. The van der Waals surface area contributed by atoms with Gasteiger partial charge in [-0.3, -0.25) is 9.44 Å². The third kappa shape index (κ3) is 8.29. The van der Waals surface area contributed by atoms with Gasteiger partial charge in [-0.15, -0.1) is 0 Å². The van der Waals surface area contributed by atoms with E-state index in [0.717, 1.165) is 12.8 Å². The fourth-order valence-electron chi connectivity index (χ4n) is 2.65. The summed E-state index contributed by atoms with van der Waals surface area (Å²) < 4.78 is 65.5. The standard InChI is InChI=1S/C21H30N2O6S2/c1-4-6-14-30(24,25)22-20-13-12-19(29-18-10-8-17(28-3)9-11-18)16-21(20)23-31(26,27)15-7-5-2/h8-13,16,22-23H,4-7,14-15H2,1-3H3. The van der Waals surface area contributed by atoms with E-state index in [2.05, 4.69) is 9.44 Å². The molecule has 0 saturated carbocycles. The molecule has 8 nitrogen and oxygen atoms in total. The molecule has 10 heteroatoms. The highest BCUT2D eigenvalue weighted by atomic mass is 32.2. The summed E-state index contributed by atoms with van der Waals surface area (Å²) in [7, 11) is -5.70. The van der Waals surface area contributed by atoms with Crippen LogP contribution in [0.4, 0.5) is 11.4 Å². The summed E-state index contributed by atoms with van der Waals surface area (Å²) in [6.45, 7) is 3.79. The largest absolute Gasteiger partial charge is 0.497 e. The smallest absolute Gasteiger partial charge is 0.232 e. The number of hydrogen-bond donors (Lipinski definition) is 2. The predicted molar refractivity (Wildman–Crippen MR) is 124 cm³/mol. The zero-order valence-electron chi connectivity index (χ0n) is 18.1. The van der Waals surface area contributed by atoms with E-state index in [1.807, 2.05) is 13.8 Å². The number of nitrogens with one attached hydrogen (secondary N) is 2. The van der Waals surface area contributed by atoms with Gasteiger partial charge in [0, 0.05) is 6.07 Å². The normalized spacial score (nSPS) is 11.7. The van der Waals surface area contributed by atoms with Crippen molar-refractivity contribution in [3.63, 3.8) is 0 Å². The number of hydrogen-bond acceptors (Lipinski definition) is 6. The lowest BCUT2D eigenvalue weighted by Gasteiger charge is -2.16. The molecular weight excluding hydrogens is 440 g/mol. The number of sulfonamides is 2. The van der Waals surface area contributed by atoms with Gasteiger partial charge in [-0.05, 0) is 49.2 Å². The second kappa shape index (κ2) is 11.2. The Morgan fingerprint density at radius 1 is 0.710 bits per heavy atom. The van der Waals surface area contributed by atoms with Crippen LogP contribution in [0.2, 0.25) is 0 Å². The molecule has 0 aromatic heterocycles. The molecule has 0 unspecified atom stereocenters. The molecule has 2 aromatic carbocycles. The first-order valence-corrected chi connectivity index (χ1v) is 13.5. The van der Waals surface area contributed by atoms with Crippen molar-refractivity contribution >= 4 is 31.4 Å². The van der Waals surface area contributed by atoms with Gasteiger partial charge in [-0.25, -0.2) is 16.8 Å². The molecule has 0 atom stereocenters. The maximum absolute atomic E-state index is 12.4. The first-order chi connectivity index (χ1) is 14.7. The molecular formula is C21H30N2O6S2. The number of benzene rings is 2. The first-order valence-electron chi connectivity index (χ1n) is 10.1. The van der Waals surface area contributed by atoms with E-state index in [1.165, 1.54) is 12.1 Å². The van der Waals surface area contributed by atoms with E-state index in [9.17, 15) is 16.8 Å². The average molecular weight is 471 g/mol. The molecule has 0 amide bonds. The zero-order chi connectivity index (χ0) is 22.9. The van der Waals surface area contributed by atoms with Crippen molar-refractivity contribution in [3.05, 3.63) is 42.5 Å². The monoisotopic (exact) mass is 470 g/mol. The van der Waals surface area contributed by atoms with Gasteiger partial charge in [0.2, 0.25) is 20.0 Å². The summed E-state index contributed by atoms with van der Waals surface area (Å²) in [6.07, 6.45) is 2.45. The van der Waals surface area contributed by atoms with Crippen LogP contribution >= 0.6 is 0 Å². The van der Waals surface area contributed by atoms with Crippen LogP contribution < -0.4 is 18.9 Å². The summed E-state index contributed by atoms with van der Waals surface area (Å²) in [5, 5.41) is 0. The first kappa shape index (κ1) is 24.8. The van der Waals surface area contributed by atoms with Crippen molar-refractivity contribution in [1.29, 1.82) is 0 Å². The second-order valence-electron chi connectivity index (χ2n) is 7.03. The second-order valence-corrected chi connectivity index (χ2v) is 10.7. The van der Waals surface area contributed by atoms with E-state index in [1.54, 1.807) is 37.4 Å². The predicted octanol–water partition coefficient (Wildman–Crippen LogP) is 4.57. The van der Waals surface area contributed by atoms with Gasteiger partial charge in [0.05, 0.1) is 30.0 Å². The fraction of sp³-hybridized carbons (Fsp3) is 0.429. The SMILES string of the molecule is CCCCS(=O)(=O)Nc1ccc(Oc2ccc(OC)cc2)cc1NS(=O)(=O)CCCC. The van der Waals surface area contributed by atoms with Crippen molar-refractivity contribution in [1.82, 2.24) is 0 Å². The average Bonchev–Trinajstić information content (AvgIpc) is 2.73. The maximum Gasteiger partial charge on any atom is 0.232 e. The van der Waals surface area contributed by atoms with Crippen LogP contribution in [0, 0.1) is 0 Å². The summed E-state index contributed by atoms with van der Waals surface area (Å²) in [6, 6.07) is 11.4. The van der Waals surface area contributed by atoms with Crippen LogP contribution in [0.3, 0.4) is 0 Å². The van der Waals surface area contributed by atoms with Gasteiger partial charge < -0.3 is 9.47 Å². The summed E-state index contributed by atoms with van der Waals surface area (Å²) in [4.78, 5) is 0. The number of ether oxygens (including phenoxy) is 2. The lowest BCUT2D eigenvalue weighted by Crippen LogP contribution is -2.20. The molecule has 0 spiro atoms. The van der Waals surface area contributed by atoms with Crippen LogP contribution in [0.5, 0.6) is 17.2 Å². The lowest BCUT2D eigenvalue weighted by atomic mass is 10.2. The summed E-state index contributed by atoms with van der Waals surface area (Å²) in [5.74, 6) is 1.45. The molecule has 2 rings (SSSR count). The minimum Gasteiger partial charge on any atom is -0.497 e. The van der Waals surface area contributed by atoms with E-state index in [4.69, 9.17) is 9.47 Å². The summed E-state index contributed by atoms with van der Waals surface area (Å²) in [5.41, 5.74) is 0.264. The molecule has 0 fully saturated rings. The Kier molecular flexibility index (Phi) is 9.00. The van der Waals surface area contributed by atoms with E-state index < -0.39 is 20.0 Å². The van der Waals surface area contributed by atoms with Crippen LogP contribution in [-0.4, -0.2) is 35.5 Å². The van der Waals surface area contributed by atoms with Gasteiger partial charge in [-0.2, -0.15) is 0 Å². The third-order valence-corrected chi connectivity index (χ3v) is 7.06. The fourth-order valence-corrected chi connectivity index (χ4v) is 5.20. The van der Waals surface area contributed by atoms with Crippen molar-refractivity contribution in [2.45, 2.75) is 39.5 Å². The highest BCUT2D eigenvalue weighted by Gasteiger charge is 2.18. The maximum atomic E-state index is 12.4. The molecule has 0 aliphatic rings. The Morgan fingerprint density at radius 3 is 1.71 bits per heavy atom. The Morgan fingerprint density at radius 2 is 1.19 bits per heavy atom. The van der Waals surface area contributed by atoms with Gasteiger partial charge in [0.15, 0.2) is 0 Å². The van der Waals surface area contributed by atoms with Crippen LogP contribution in [0.15, 0.2) is 42.5 Å². The Bertz CT molecular complexity index is 1050. The van der Waals surface area contributed by atoms with Crippen LogP contribution in [0.1, 0.15) is 39.5 Å². The zero-order valence-corrected chi connectivity index (χ0v) is 19.7. The minimum absolute atomic E-state index is 0.0460. The van der Waals surface area contributed by atoms with Crippen molar-refractivity contribution in [2.24, 2.45) is 0 Å². The van der Waals surface area contributed by atoms with Gasteiger partial charge in [-0.1, -0.05) is 26.7 Å². The number of unbranched alkanes of at least 4 members (excludes halogenated alkanes) is 2. The Balaban J connectivity index is 2.33. The third-order valence-electron chi connectivity index (χ3n) is 4.35. The minimum atomic E-state index is -3.65. The molecule has 0 bridgehead atoms. The van der Waals surface area contributed by atoms with Crippen LogP contribution in [0.25, 0.3) is 0 Å². The van der Waals surface area contributed by atoms with Gasteiger partial charge in [0.1, 0.15) is 17.2 Å². The van der Waals surface area contributed by atoms with E-state index in [-0.39, 0.29) is 22.9 Å². The van der Waals surface area contributed by atoms with Crippen molar-refractivity contribution in [3.8, 4) is 17.2 Å². The highest BCUT2D eigenvalue weighted by molar-refractivity contribution is 7.93. The quantitative estimate of drug-likeness (QED) is 0.444. The van der Waals surface area contributed by atoms with Gasteiger partial charge in [0.25, 0.3) is 0 Å². The van der Waals surface area contributed by atoms with Gasteiger partial charge >= 0.3 is 0 Å². The lowest BCUT2D eigenvalue weighted by molar-refractivity contribution is 0.413. The number of anilines is 2. The van der Waals surface area contributed by atoms with Crippen LogP contribution in [-0.2, 0) is 20.0 Å². The summed E-state index contributed by atoms with van der Waals surface area (Å²) >= 11 is 0. The van der Waals surface area contributed by atoms with E-state index in [0.29, 0.717) is 30.1 Å². The molecule has 0 heterocycles. The molecule has 31 heavy (non-hydrogen) atoms. The molecule has 0 aliphatic carbocycles. The topological polar surface area (TPSA) is 111 Å². The Labute approximate surface area is 185 Å². The molecule has 2 N–H and O–H groups in total. The molecule has 0 radical (unpaired) electrons. The number of rotatable bonds is 13. The van der Waals surface area contributed by atoms with Crippen molar-refractivity contribution < 1.29 is 26.3 Å².